The van der Waals surface area contributed by atoms with E-state index in [2.05, 4.69) is 53.1 Å². The number of ether oxygens (including phenoxy) is 1. The summed E-state index contributed by atoms with van der Waals surface area (Å²) in [6.07, 6.45) is 4.79. The molecule has 0 radical (unpaired) electrons. The molecule has 3 aromatic rings. The van der Waals surface area contributed by atoms with Gasteiger partial charge in [0, 0.05) is 66.2 Å². The van der Waals surface area contributed by atoms with Crippen molar-refractivity contribution in [1.82, 2.24) is 15.3 Å². The first-order valence-corrected chi connectivity index (χ1v) is 11.0. The third kappa shape index (κ3) is 4.67. The number of rotatable bonds is 5. The molecule has 1 saturated heterocycles. The van der Waals surface area contributed by atoms with Crippen LogP contribution in [-0.2, 0) is 0 Å². The Morgan fingerprint density at radius 1 is 1.25 bits per heavy atom. The summed E-state index contributed by atoms with van der Waals surface area (Å²) < 4.78 is 5.56. The molecule has 32 heavy (non-hydrogen) atoms. The smallest absolute Gasteiger partial charge is 0.159 e. The number of methoxy groups -OCH3 is 1. The molecule has 1 unspecified atom stereocenters. The monoisotopic (exact) mass is 432 g/mol. The molecular weight excluding hydrogens is 400 g/mol. The number of aliphatic imine (C=N–C) groups is 1. The number of hydrogen-bond donors (Lipinski definition) is 2. The minimum atomic E-state index is 0.120. The molecule has 1 aliphatic rings. The lowest BCUT2D eigenvalue weighted by atomic mass is 10.0. The lowest BCUT2D eigenvalue weighted by molar-refractivity contribution is 0.373. The fourth-order valence-electron chi connectivity index (χ4n) is 4.28. The number of pyridine rings is 2. The number of fused-ring (bicyclic) bond motifs is 1. The first kappa shape index (κ1) is 22.0. The predicted octanol–water partition coefficient (Wildman–Crippen LogP) is 3.90. The largest absolute Gasteiger partial charge is 0.496 e. The van der Waals surface area contributed by atoms with Crippen LogP contribution in [0.2, 0.25) is 0 Å². The van der Waals surface area contributed by atoms with Gasteiger partial charge in [0.1, 0.15) is 5.75 Å². The Morgan fingerprint density at radius 2 is 2.06 bits per heavy atom. The van der Waals surface area contributed by atoms with Gasteiger partial charge in [-0.15, -0.1) is 0 Å². The minimum Gasteiger partial charge on any atom is -0.496 e. The second-order valence-electron chi connectivity index (χ2n) is 9.33. The van der Waals surface area contributed by atoms with E-state index in [0.29, 0.717) is 23.1 Å². The molecule has 0 aliphatic carbocycles. The highest BCUT2D eigenvalue weighted by molar-refractivity contribution is 5.91. The summed E-state index contributed by atoms with van der Waals surface area (Å²) >= 11 is 0. The third-order valence-electron chi connectivity index (χ3n) is 5.67. The lowest BCUT2D eigenvalue weighted by Gasteiger charge is -2.26. The van der Waals surface area contributed by atoms with Crippen molar-refractivity contribution in [3.8, 4) is 17.0 Å². The Labute approximate surface area is 189 Å². The Bertz CT molecular complexity index is 1150. The van der Waals surface area contributed by atoms with Gasteiger partial charge in [-0.2, -0.15) is 0 Å². The van der Waals surface area contributed by atoms with Gasteiger partial charge >= 0.3 is 0 Å². The van der Waals surface area contributed by atoms with E-state index in [9.17, 15) is 0 Å². The van der Waals surface area contributed by atoms with Gasteiger partial charge in [0.25, 0.3) is 0 Å². The molecule has 0 spiro atoms. The minimum absolute atomic E-state index is 0.120. The van der Waals surface area contributed by atoms with Crippen molar-refractivity contribution in [3.63, 3.8) is 0 Å². The standard InChI is InChI=1S/C25H32N6O/c1-25(2,3)30-18-8-9-31(15-18)19-10-16-6-7-22(29-24(16)28-14-19)20-11-17(13-27-4)21(26)12-23(20)32-5/h6-7,10-14,18,30H,8-9,15,26H2,1-5H3. The first-order valence-electron chi connectivity index (χ1n) is 11.0. The van der Waals surface area contributed by atoms with E-state index >= 15 is 0 Å². The van der Waals surface area contributed by atoms with Gasteiger partial charge < -0.3 is 20.7 Å². The molecular formula is C25H32N6O. The second-order valence-corrected chi connectivity index (χ2v) is 9.33. The van der Waals surface area contributed by atoms with Crippen molar-refractivity contribution in [2.45, 2.75) is 38.8 Å². The molecule has 3 N–H and O–H groups in total. The Morgan fingerprint density at radius 3 is 2.78 bits per heavy atom. The zero-order valence-electron chi connectivity index (χ0n) is 19.5. The molecule has 1 fully saturated rings. The SMILES string of the molecule is CN=Cc1cc(-c2ccc3cc(N4CCC(NC(C)(C)C)C4)cnc3n2)c(OC)cc1N. The molecule has 1 aromatic carbocycles. The van der Waals surface area contributed by atoms with Crippen molar-refractivity contribution < 1.29 is 4.74 Å². The molecule has 7 nitrogen and oxygen atoms in total. The number of nitrogens with two attached hydrogens (primary N) is 1. The highest BCUT2D eigenvalue weighted by atomic mass is 16.5. The van der Waals surface area contributed by atoms with Crippen LogP contribution in [0, 0.1) is 0 Å². The van der Waals surface area contributed by atoms with Crippen LogP contribution in [0.1, 0.15) is 32.8 Å². The van der Waals surface area contributed by atoms with Crippen LogP contribution in [0.4, 0.5) is 11.4 Å². The van der Waals surface area contributed by atoms with Crippen LogP contribution >= 0.6 is 0 Å². The predicted molar refractivity (Wildman–Crippen MR) is 133 cm³/mol. The fraction of sp³-hybridized carbons (Fsp3) is 0.400. The average Bonchev–Trinajstić information content (AvgIpc) is 3.21. The number of aromatic nitrogens is 2. The summed E-state index contributed by atoms with van der Waals surface area (Å²) in [7, 11) is 3.36. The maximum absolute atomic E-state index is 6.13. The van der Waals surface area contributed by atoms with Crippen LogP contribution in [0.5, 0.6) is 5.75 Å². The summed E-state index contributed by atoms with van der Waals surface area (Å²) in [6.45, 7) is 8.65. The highest BCUT2D eigenvalue weighted by Gasteiger charge is 2.26. The fourth-order valence-corrected chi connectivity index (χ4v) is 4.28. The van der Waals surface area contributed by atoms with Crippen LogP contribution in [-0.4, -0.2) is 55.0 Å². The van der Waals surface area contributed by atoms with Gasteiger partial charge in [-0.05, 0) is 51.5 Å². The molecule has 0 saturated carbocycles. The van der Waals surface area contributed by atoms with Crippen LogP contribution < -0.4 is 20.7 Å². The topological polar surface area (TPSA) is 88.7 Å². The molecule has 4 rings (SSSR count). The zero-order valence-corrected chi connectivity index (χ0v) is 19.5. The van der Waals surface area contributed by atoms with E-state index in [4.69, 9.17) is 15.5 Å². The van der Waals surface area contributed by atoms with Gasteiger partial charge in [0.15, 0.2) is 5.65 Å². The van der Waals surface area contributed by atoms with Crippen molar-refractivity contribution in [1.29, 1.82) is 0 Å². The number of benzene rings is 1. The quantitative estimate of drug-likeness (QED) is 0.470. The Balaban J connectivity index is 1.63. The van der Waals surface area contributed by atoms with Gasteiger partial charge in [0.05, 0.1) is 24.7 Å². The number of nitrogens with zero attached hydrogens (tertiary/aromatic N) is 4. The van der Waals surface area contributed by atoms with E-state index in [-0.39, 0.29) is 5.54 Å². The van der Waals surface area contributed by atoms with E-state index in [1.54, 1.807) is 20.4 Å². The maximum atomic E-state index is 6.13. The number of nitrogen functional groups attached to an aromatic ring is 1. The number of anilines is 2. The molecule has 7 heteroatoms. The van der Waals surface area contributed by atoms with Crippen molar-refractivity contribution in [2.75, 3.05) is 37.9 Å². The van der Waals surface area contributed by atoms with E-state index < -0.39 is 0 Å². The maximum Gasteiger partial charge on any atom is 0.159 e. The van der Waals surface area contributed by atoms with Gasteiger partial charge in [0.2, 0.25) is 0 Å². The lowest BCUT2D eigenvalue weighted by Crippen LogP contribution is -2.44. The van der Waals surface area contributed by atoms with Gasteiger partial charge in [-0.1, -0.05) is 0 Å². The van der Waals surface area contributed by atoms with Crippen LogP contribution in [0.15, 0.2) is 41.5 Å². The van der Waals surface area contributed by atoms with Crippen LogP contribution in [0.25, 0.3) is 22.3 Å². The number of hydrogen-bond acceptors (Lipinski definition) is 7. The molecule has 1 atom stereocenters. The summed E-state index contributed by atoms with van der Waals surface area (Å²) in [5, 5.41) is 4.72. The van der Waals surface area contributed by atoms with E-state index in [1.807, 2.05) is 24.4 Å². The normalized spacial score (nSPS) is 16.9. The van der Waals surface area contributed by atoms with E-state index in [0.717, 1.165) is 47.4 Å². The second kappa shape index (κ2) is 8.74. The van der Waals surface area contributed by atoms with Crippen molar-refractivity contribution in [2.24, 2.45) is 4.99 Å². The van der Waals surface area contributed by atoms with E-state index in [1.165, 1.54) is 0 Å². The summed E-state index contributed by atoms with van der Waals surface area (Å²) in [6, 6.07) is 10.5. The summed E-state index contributed by atoms with van der Waals surface area (Å²) in [4.78, 5) is 16.0. The van der Waals surface area contributed by atoms with Crippen molar-refractivity contribution >= 4 is 28.6 Å². The summed E-state index contributed by atoms with van der Waals surface area (Å²) in [5.74, 6) is 0.675. The van der Waals surface area contributed by atoms with Gasteiger partial charge in [-0.3, -0.25) is 4.99 Å². The average molecular weight is 433 g/mol. The Kier molecular flexibility index (Phi) is 6.02. The number of nitrogens with one attached hydrogen (secondary N) is 1. The third-order valence-corrected chi connectivity index (χ3v) is 5.67. The molecule has 0 bridgehead atoms. The van der Waals surface area contributed by atoms with Gasteiger partial charge in [-0.25, -0.2) is 9.97 Å². The first-order chi connectivity index (χ1) is 15.3. The summed E-state index contributed by atoms with van der Waals surface area (Å²) in [5.41, 5.74) is 11.2. The molecule has 3 heterocycles. The van der Waals surface area contributed by atoms with Crippen LogP contribution in [0.3, 0.4) is 0 Å². The Hall–Kier alpha value is -3.19. The molecule has 2 aromatic heterocycles. The highest BCUT2D eigenvalue weighted by Crippen LogP contribution is 2.34. The van der Waals surface area contributed by atoms with Crippen molar-refractivity contribution in [3.05, 3.63) is 42.1 Å². The molecule has 168 valence electrons. The zero-order chi connectivity index (χ0) is 22.9. The molecule has 0 amide bonds. The molecule has 1 aliphatic heterocycles.